The fourth-order valence-corrected chi connectivity index (χ4v) is 4.07. The van der Waals surface area contributed by atoms with Crippen LogP contribution in [0.25, 0.3) is 0 Å². The largest absolute Gasteiger partial charge is 0.486 e. The second-order valence-corrected chi connectivity index (χ2v) is 8.07. The van der Waals surface area contributed by atoms with Gasteiger partial charge in [-0.1, -0.05) is 19.9 Å². The van der Waals surface area contributed by atoms with E-state index in [-0.39, 0.29) is 30.1 Å². The molecule has 0 aliphatic carbocycles. The molecule has 6 nitrogen and oxygen atoms in total. The van der Waals surface area contributed by atoms with Crippen molar-refractivity contribution in [2.75, 3.05) is 33.4 Å². The summed E-state index contributed by atoms with van der Waals surface area (Å²) in [7, 11) is 1.88. The number of rotatable bonds is 5. The fourth-order valence-electron chi connectivity index (χ4n) is 4.07. The highest BCUT2D eigenvalue weighted by molar-refractivity contribution is 5.82. The number of ether oxygens (including phenoxy) is 3. The number of amides is 1. The van der Waals surface area contributed by atoms with Crippen LogP contribution < -0.4 is 9.47 Å². The average molecular weight is 376 g/mol. The quantitative estimate of drug-likeness (QED) is 0.791. The van der Waals surface area contributed by atoms with E-state index in [1.807, 2.05) is 30.1 Å². The van der Waals surface area contributed by atoms with E-state index in [0.717, 1.165) is 30.2 Å². The Morgan fingerprint density at radius 2 is 1.78 bits per heavy atom. The van der Waals surface area contributed by atoms with Gasteiger partial charge in [-0.05, 0) is 37.5 Å². The number of likely N-dealkylation sites (N-methyl/N-ethyl adjacent to an activating group) is 1. The van der Waals surface area contributed by atoms with Gasteiger partial charge in [0.25, 0.3) is 0 Å². The van der Waals surface area contributed by atoms with Crippen molar-refractivity contribution in [3.05, 3.63) is 23.8 Å². The zero-order valence-electron chi connectivity index (χ0n) is 17.1. The maximum Gasteiger partial charge on any atom is 0.240 e. The number of carbonyl (C=O) groups is 1. The third-order valence-corrected chi connectivity index (χ3v) is 5.13. The summed E-state index contributed by atoms with van der Waals surface area (Å²) < 4.78 is 17.1. The molecule has 3 atom stereocenters. The first-order chi connectivity index (χ1) is 12.8. The molecule has 0 radical (unpaired) electrons. The molecule has 2 heterocycles. The lowest BCUT2D eigenvalue weighted by molar-refractivity contribution is -0.144. The maximum atomic E-state index is 13.3. The van der Waals surface area contributed by atoms with Crippen molar-refractivity contribution >= 4 is 5.91 Å². The Labute approximate surface area is 162 Å². The highest BCUT2D eigenvalue weighted by atomic mass is 16.6. The van der Waals surface area contributed by atoms with Crippen molar-refractivity contribution in [3.63, 3.8) is 0 Å². The Balaban J connectivity index is 1.70. The van der Waals surface area contributed by atoms with Crippen LogP contribution in [0.15, 0.2) is 18.2 Å². The van der Waals surface area contributed by atoms with E-state index >= 15 is 0 Å². The molecular weight excluding hydrogens is 344 g/mol. The molecule has 1 saturated heterocycles. The molecule has 1 amide bonds. The van der Waals surface area contributed by atoms with Gasteiger partial charge in [-0.25, -0.2) is 0 Å². The van der Waals surface area contributed by atoms with Crippen molar-refractivity contribution in [3.8, 4) is 11.5 Å². The maximum absolute atomic E-state index is 13.3. The summed E-state index contributed by atoms with van der Waals surface area (Å²) >= 11 is 0. The predicted octanol–water partition coefficient (Wildman–Crippen LogP) is 2.55. The lowest BCUT2D eigenvalue weighted by Gasteiger charge is -2.42. The molecular formula is C21H32N2O4. The molecule has 0 bridgehead atoms. The highest BCUT2D eigenvalue weighted by Crippen LogP contribution is 2.31. The van der Waals surface area contributed by atoms with Gasteiger partial charge >= 0.3 is 0 Å². The van der Waals surface area contributed by atoms with Crippen molar-refractivity contribution < 1.29 is 19.0 Å². The van der Waals surface area contributed by atoms with Gasteiger partial charge in [0.15, 0.2) is 11.5 Å². The Morgan fingerprint density at radius 3 is 2.41 bits per heavy atom. The summed E-state index contributed by atoms with van der Waals surface area (Å²) in [5.74, 6) is 1.92. The van der Waals surface area contributed by atoms with Crippen LogP contribution in [0.2, 0.25) is 0 Å². The van der Waals surface area contributed by atoms with Crippen LogP contribution in [0.1, 0.15) is 33.3 Å². The third kappa shape index (κ3) is 4.74. The van der Waals surface area contributed by atoms with Crippen LogP contribution in [-0.2, 0) is 16.1 Å². The van der Waals surface area contributed by atoms with Gasteiger partial charge < -0.3 is 19.1 Å². The smallest absolute Gasteiger partial charge is 0.240 e. The van der Waals surface area contributed by atoms with E-state index in [1.54, 1.807) is 0 Å². The normalized spacial score (nSPS) is 23.9. The third-order valence-electron chi connectivity index (χ3n) is 5.13. The van der Waals surface area contributed by atoms with E-state index in [0.29, 0.717) is 19.8 Å². The van der Waals surface area contributed by atoms with E-state index in [1.165, 1.54) is 0 Å². The van der Waals surface area contributed by atoms with E-state index in [4.69, 9.17) is 14.2 Å². The highest BCUT2D eigenvalue weighted by Gasteiger charge is 2.35. The molecule has 0 spiro atoms. The molecule has 0 N–H and O–H groups in total. The van der Waals surface area contributed by atoms with E-state index in [9.17, 15) is 4.79 Å². The number of nitrogens with zero attached hydrogens (tertiary/aromatic N) is 2. The number of fused-ring (bicyclic) bond motifs is 1. The molecule has 3 unspecified atom stereocenters. The summed E-state index contributed by atoms with van der Waals surface area (Å²) in [4.78, 5) is 17.4. The molecule has 1 aromatic rings. The van der Waals surface area contributed by atoms with Crippen LogP contribution in [0.5, 0.6) is 11.5 Å². The first kappa shape index (κ1) is 20.0. The van der Waals surface area contributed by atoms with Gasteiger partial charge in [0, 0.05) is 26.7 Å². The van der Waals surface area contributed by atoms with Crippen molar-refractivity contribution in [1.82, 2.24) is 9.80 Å². The summed E-state index contributed by atoms with van der Waals surface area (Å²) in [5.41, 5.74) is 1.04. The molecule has 6 heteroatoms. The minimum atomic E-state index is -0.138. The molecule has 2 aliphatic heterocycles. The van der Waals surface area contributed by atoms with Crippen LogP contribution in [0.4, 0.5) is 0 Å². The number of hydrogen-bond donors (Lipinski definition) is 0. The van der Waals surface area contributed by atoms with Gasteiger partial charge in [-0.15, -0.1) is 0 Å². The zero-order valence-corrected chi connectivity index (χ0v) is 17.1. The predicted molar refractivity (Wildman–Crippen MR) is 104 cm³/mol. The summed E-state index contributed by atoms with van der Waals surface area (Å²) in [6.07, 6.45) is 0.289. The monoisotopic (exact) mass is 376 g/mol. The lowest BCUT2D eigenvalue weighted by Crippen LogP contribution is -2.57. The topological polar surface area (TPSA) is 51.2 Å². The van der Waals surface area contributed by atoms with Crippen molar-refractivity contribution in [1.29, 1.82) is 0 Å². The van der Waals surface area contributed by atoms with Gasteiger partial charge in [-0.2, -0.15) is 0 Å². The summed E-state index contributed by atoms with van der Waals surface area (Å²) in [6, 6.07) is 5.76. The minimum Gasteiger partial charge on any atom is -0.486 e. The molecule has 0 aromatic heterocycles. The van der Waals surface area contributed by atoms with Crippen LogP contribution in [0.3, 0.4) is 0 Å². The Kier molecular flexibility index (Phi) is 6.27. The number of carbonyl (C=O) groups excluding carboxylic acids is 1. The summed E-state index contributed by atoms with van der Waals surface area (Å²) in [6.45, 7) is 11.6. The lowest BCUT2D eigenvalue weighted by atomic mass is 9.99. The van der Waals surface area contributed by atoms with Crippen LogP contribution in [-0.4, -0.2) is 67.3 Å². The SMILES string of the molecule is CC1CN(C(C(=O)N(C)Cc2ccc3c(c2)OCCO3)C(C)C)CC(C)O1. The van der Waals surface area contributed by atoms with Crippen LogP contribution >= 0.6 is 0 Å². The second kappa shape index (κ2) is 8.48. The van der Waals surface area contributed by atoms with Crippen molar-refractivity contribution in [2.24, 2.45) is 5.92 Å². The first-order valence-electron chi connectivity index (χ1n) is 9.88. The fraction of sp³-hybridized carbons (Fsp3) is 0.667. The number of morpholine rings is 1. The second-order valence-electron chi connectivity index (χ2n) is 8.07. The Morgan fingerprint density at radius 1 is 1.15 bits per heavy atom. The Hall–Kier alpha value is -1.79. The minimum absolute atomic E-state index is 0.138. The first-order valence-corrected chi connectivity index (χ1v) is 9.88. The summed E-state index contributed by atoms with van der Waals surface area (Å²) in [5, 5.41) is 0. The molecule has 1 fully saturated rings. The van der Waals surface area contributed by atoms with E-state index in [2.05, 4.69) is 32.6 Å². The number of benzene rings is 1. The zero-order chi connectivity index (χ0) is 19.6. The van der Waals surface area contributed by atoms with Crippen LogP contribution in [0, 0.1) is 5.92 Å². The van der Waals surface area contributed by atoms with E-state index < -0.39 is 0 Å². The standard InChI is InChI=1S/C21H32N2O4/c1-14(2)20(23-11-15(3)27-16(4)12-23)21(24)22(5)13-17-6-7-18-19(10-17)26-9-8-25-18/h6-7,10,14-16,20H,8-9,11-13H2,1-5H3. The number of hydrogen-bond acceptors (Lipinski definition) is 5. The molecule has 150 valence electrons. The van der Waals surface area contributed by atoms with Gasteiger partial charge in [0.1, 0.15) is 13.2 Å². The Bertz CT molecular complexity index is 654. The average Bonchev–Trinajstić information content (AvgIpc) is 2.60. The molecule has 3 rings (SSSR count). The van der Waals surface area contributed by atoms with Gasteiger partial charge in [-0.3, -0.25) is 9.69 Å². The molecule has 27 heavy (non-hydrogen) atoms. The molecule has 0 saturated carbocycles. The van der Waals surface area contributed by atoms with Gasteiger partial charge in [0.2, 0.25) is 5.91 Å². The molecule has 1 aromatic carbocycles. The molecule has 2 aliphatic rings. The van der Waals surface area contributed by atoms with Gasteiger partial charge in [0.05, 0.1) is 18.2 Å². The van der Waals surface area contributed by atoms with Crippen molar-refractivity contribution in [2.45, 2.75) is 52.5 Å².